The molecule has 8 nitrogen and oxygen atoms in total. The minimum absolute atomic E-state index is 0.00283. The third-order valence-corrected chi connectivity index (χ3v) is 5.68. The molecule has 0 aliphatic heterocycles. The number of nitro benzene ring substituents is 2. The predicted octanol–water partition coefficient (Wildman–Crippen LogP) is 7.41. The lowest BCUT2D eigenvalue weighted by Crippen LogP contribution is -2.18. The Labute approximate surface area is 201 Å². The normalized spacial score (nSPS) is 11.0. The van der Waals surface area contributed by atoms with Crippen molar-refractivity contribution in [3.05, 3.63) is 128 Å². The molecule has 0 radical (unpaired) electrons. The first-order valence-corrected chi connectivity index (χ1v) is 10.8. The van der Waals surface area contributed by atoms with Crippen molar-refractivity contribution in [1.82, 2.24) is 0 Å². The Bertz CT molecular complexity index is 1260. The molecule has 0 fully saturated rings. The zero-order chi connectivity index (χ0) is 25.0. The van der Waals surface area contributed by atoms with Gasteiger partial charge < -0.3 is 9.47 Å². The summed E-state index contributed by atoms with van der Waals surface area (Å²) < 4.78 is 11.8. The van der Waals surface area contributed by atoms with Gasteiger partial charge in [0.05, 0.1) is 9.85 Å². The summed E-state index contributed by atoms with van der Waals surface area (Å²) in [6.07, 6.45) is 0. The van der Waals surface area contributed by atoms with Gasteiger partial charge >= 0.3 is 0 Å². The second-order valence-electron chi connectivity index (χ2n) is 8.39. The predicted molar refractivity (Wildman–Crippen MR) is 131 cm³/mol. The Morgan fingerprint density at radius 3 is 1.29 bits per heavy atom. The zero-order valence-corrected chi connectivity index (χ0v) is 19.1. The molecule has 0 heterocycles. The van der Waals surface area contributed by atoms with Gasteiger partial charge in [0.25, 0.3) is 11.4 Å². The molecule has 35 heavy (non-hydrogen) atoms. The van der Waals surface area contributed by atoms with Crippen molar-refractivity contribution in [3.63, 3.8) is 0 Å². The Hall–Kier alpha value is -4.72. The van der Waals surface area contributed by atoms with Crippen LogP contribution >= 0.6 is 0 Å². The van der Waals surface area contributed by atoms with Crippen molar-refractivity contribution >= 4 is 11.4 Å². The lowest BCUT2D eigenvalue weighted by atomic mass is 9.78. The summed E-state index contributed by atoms with van der Waals surface area (Å²) in [5.41, 5.74) is 1.61. The molecule has 0 unspecified atom stereocenters. The van der Waals surface area contributed by atoms with E-state index in [1.807, 2.05) is 48.5 Å². The maximum atomic E-state index is 10.9. The van der Waals surface area contributed by atoms with Gasteiger partial charge in [0.1, 0.15) is 23.0 Å². The summed E-state index contributed by atoms with van der Waals surface area (Å²) in [5.74, 6) is 2.23. The number of benzene rings is 4. The molecule has 0 spiro atoms. The molecule has 0 saturated carbocycles. The third kappa shape index (κ3) is 5.44. The Kier molecular flexibility index (Phi) is 6.46. The van der Waals surface area contributed by atoms with E-state index in [4.69, 9.17) is 9.47 Å². The summed E-state index contributed by atoms with van der Waals surface area (Å²) in [6, 6.07) is 27.2. The summed E-state index contributed by atoms with van der Waals surface area (Å²) in [4.78, 5) is 20.8. The molecular weight excluding hydrogens is 448 g/mol. The average molecular weight is 470 g/mol. The lowest BCUT2D eigenvalue weighted by Gasteiger charge is -2.27. The standard InChI is InChI=1S/C27H22N2O6/c1-27(2,19-5-3-7-25(17-19)34-23-13-9-21(10-14-23)28(30)31)20-6-4-8-26(18-20)35-24-15-11-22(12-16-24)29(32)33/h3-18H,1-2H3. The van der Waals surface area contributed by atoms with Gasteiger partial charge in [0.2, 0.25) is 0 Å². The Balaban J connectivity index is 1.54. The summed E-state index contributed by atoms with van der Waals surface area (Å²) in [7, 11) is 0. The van der Waals surface area contributed by atoms with Gasteiger partial charge in [-0.1, -0.05) is 38.1 Å². The maximum Gasteiger partial charge on any atom is 0.269 e. The fourth-order valence-electron chi connectivity index (χ4n) is 3.61. The third-order valence-electron chi connectivity index (χ3n) is 5.68. The van der Waals surface area contributed by atoms with E-state index in [1.54, 1.807) is 24.3 Å². The second kappa shape index (κ2) is 9.64. The quantitative estimate of drug-likeness (QED) is 0.196. The van der Waals surface area contributed by atoms with E-state index in [0.29, 0.717) is 23.0 Å². The summed E-state index contributed by atoms with van der Waals surface area (Å²) >= 11 is 0. The molecule has 0 N–H and O–H groups in total. The number of hydrogen-bond donors (Lipinski definition) is 0. The summed E-state index contributed by atoms with van der Waals surface area (Å²) in [5, 5.41) is 21.7. The molecule has 4 aromatic rings. The van der Waals surface area contributed by atoms with Crippen molar-refractivity contribution in [1.29, 1.82) is 0 Å². The van der Waals surface area contributed by atoms with E-state index >= 15 is 0 Å². The van der Waals surface area contributed by atoms with Crippen LogP contribution in [-0.2, 0) is 5.41 Å². The van der Waals surface area contributed by atoms with Crippen LogP contribution in [0.5, 0.6) is 23.0 Å². The van der Waals surface area contributed by atoms with Crippen molar-refractivity contribution < 1.29 is 19.3 Å². The zero-order valence-electron chi connectivity index (χ0n) is 19.1. The van der Waals surface area contributed by atoms with E-state index in [0.717, 1.165) is 11.1 Å². The lowest BCUT2D eigenvalue weighted by molar-refractivity contribution is -0.385. The van der Waals surface area contributed by atoms with Crippen molar-refractivity contribution in [2.24, 2.45) is 0 Å². The maximum absolute atomic E-state index is 10.9. The highest BCUT2D eigenvalue weighted by molar-refractivity contribution is 5.46. The first kappa shape index (κ1) is 23.4. The van der Waals surface area contributed by atoms with Gasteiger partial charge in [-0.15, -0.1) is 0 Å². The minimum atomic E-state index is -0.452. The first-order chi connectivity index (χ1) is 16.7. The number of nitro groups is 2. The fourth-order valence-corrected chi connectivity index (χ4v) is 3.61. The van der Waals surface area contributed by atoms with Gasteiger partial charge in [-0.05, 0) is 59.7 Å². The monoisotopic (exact) mass is 470 g/mol. The van der Waals surface area contributed by atoms with Crippen LogP contribution < -0.4 is 9.47 Å². The molecule has 0 aliphatic rings. The van der Waals surface area contributed by atoms with Gasteiger partial charge in [0.15, 0.2) is 0 Å². The first-order valence-electron chi connectivity index (χ1n) is 10.8. The van der Waals surface area contributed by atoms with Crippen molar-refractivity contribution in [2.75, 3.05) is 0 Å². The molecule has 0 saturated heterocycles. The molecule has 0 bridgehead atoms. The van der Waals surface area contributed by atoms with E-state index in [-0.39, 0.29) is 11.4 Å². The van der Waals surface area contributed by atoms with Crippen molar-refractivity contribution in [2.45, 2.75) is 19.3 Å². The second-order valence-corrected chi connectivity index (χ2v) is 8.39. The minimum Gasteiger partial charge on any atom is -0.457 e. The molecule has 0 atom stereocenters. The number of rotatable bonds is 8. The van der Waals surface area contributed by atoms with Crippen LogP contribution in [0.1, 0.15) is 25.0 Å². The molecule has 4 aromatic carbocycles. The van der Waals surface area contributed by atoms with Crippen molar-refractivity contribution in [3.8, 4) is 23.0 Å². The number of nitrogens with zero attached hydrogens (tertiary/aromatic N) is 2. The number of non-ortho nitro benzene ring substituents is 2. The van der Waals surface area contributed by atoms with Gasteiger partial charge in [-0.2, -0.15) is 0 Å². The van der Waals surface area contributed by atoms with Crippen LogP contribution in [0, 0.1) is 20.2 Å². The molecular formula is C27H22N2O6. The molecule has 0 aromatic heterocycles. The highest BCUT2D eigenvalue weighted by Gasteiger charge is 2.24. The van der Waals surface area contributed by atoms with Gasteiger partial charge in [-0.25, -0.2) is 0 Å². The molecule has 0 amide bonds. The Morgan fingerprint density at radius 2 is 0.943 bits per heavy atom. The van der Waals surface area contributed by atoms with Crippen LogP contribution in [0.4, 0.5) is 11.4 Å². The summed E-state index contributed by atoms with van der Waals surface area (Å²) in [6.45, 7) is 4.17. The highest BCUT2D eigenvalue weighted by atomic mass is 16.6. The van der Waals surface area contributed by atoms with E-state index in [2.05, 4.69) is 13.8 Å². The van der Waals surface area contributed by atoms with Crippen LogP contribution in [0.2, 0.25) is 0 Å². The largest absolute Gasteiger partial charge is 0.457 e. The van der Waals surface area contributed by atoms with Gasteiger partial charge in [-0.3, -0.25) is 20.2 Å². The number of ether oxygens (including phenoxy) is 2. The molecule has 4 rings (SSSR count). The smallest absolute Gasteiger partial charge is 0.269 e. The van der Waals surface area contributed by atoms with E-state index in [1.165, 1.54) is 24.3 Å². The molecule has 0 aliphatic carbocycles. The molecule has 8 heteroatoms. The number of hydrogen-bond acceptors (Lipinski definition) is 6. The average Bonchev–Trinajstić information content (AvgIpc) is 2.85. The molecule has 176 valence electrons. The van der Waals surface area contributed by atoms with Crippen LogP contribution in [-0.4, -0.2) is 9.85 Å². The topological polar surface area (TPSA) is 105 Å². The Morgan fingerprint density at radius 1 is 0.571 bits per heavy atom. The fraction of sp³-hybridized carbons (Fsp3) is 0.111. The van der Waals surface area contributed by atoms with Crippen LogP contribution in [0.15, 0.2) is 97.1 Å². The SMILES string of the molecule is CC(C)(c1cccc(Oc2ccc([N+](=O)[O-])cc2)c1)c1cccc(Oc2ccc([N+](=O)[O-])cc2)c1. The van der Waals surface area contributed by atoms with Crippen LogP contribution in [0.25, 0.3) is 0 Å². The van der Waals surface area contributed by atoms with E-state index < -0.39 is 15.3 Å². The van der Waals surface area contributed by atoms with E-state index in [9.17, 15) is 20.2 Å². The van der Waals surface area contributed by atoms with Crippen LogP contribution in [0.3, 0.4) is 0 Å². The van der Waals surface area contributed by atoms with Gasteiger partial charge in [0, 0.05) is 29.7 Å². The highest BCUT2D eigenvalue weighted by Crippen LogP contribution is 2.36.